The fourth-order valence-corrected chi connectivity index (χ4v) is 10.8. The Morgan fingerprint density at radius 1 is 0.387 bits per heavy atom. The molecule has 0 saturated heterocycles. The Bertz CT molecular complexity index is 3830. The summed E-state index contributed by atoms with van der Waals surface area (Å²) >= 11 is 1.85. The minimum absolute atomic E-state index is 0.866. The molecule has 0 bridgehead atoms. The Kier molecular flexibility index (Phi) is 7.78. The highest BCUT2D eigenvalue weighted by Gasteiger charge is 2.24. The molecule has 0 aliphatic rings. The summed E-state index contributed by atoms with van der Waals surface area (Å²) in [5, 5.41) is 9.68. The van der Waals surface area contributed by atoms with Gasteiger partial charge < -0.3 is 13.9 Å². The van der Waals surface area contributed by atoms with Crippen LogP contribution in [-0.4, -0.2) is 4.57 Å². The number of nitrogens with zero attached hydrogens (tertiary/aromatic N) is 2. The zero-order chi connectivity index (χ0) is 40.7. The second-order valence-electron chi connectivity index (χ2n) is 16.1. The van der Waals surface area contributed by atoms with Gasteiger partial charge in [-0.15, -0.1) is 11.3 Å². The average Bonchev–Trinajstić information content (AvgIpc) is 4.01. The van der Waals surface area contributed by atoms with Crippen LogP contribution in [-0.2, 0) is 0 Å². The number of para-hydroxylation sites is 3. The van der Waals surface area contributed by atoms with E-state index in [0.29, 0.717) is 0 Å². The number of hydrogen-bond acceptors (Lipinski definition) is 3. The molecule has 3 heterocycles. The van der Waals surface area contributed by atoms with Crippen molar-refractivity contribution < 1.29 is 4.42 Å². The van der Waals surface area contributed by atoms with Crippen LogP contribution in [0.25, 0.3) is 103 Å². The van der Waals surface area contributed by atoms with E-state index in [-0.39, 0.29) is 0 Å². The summed E-state index contributed by atoms with van der Waals surface area (Å²) in [4.78, 5) is 2.41. The van der Waals surface area contributed by atoms with E-state index in [1.807, 2.05) is 11.3 Å². The lowest BCUT2D eigenvalue weighted by Gasteiger charge is -2.29. The average molecular weight is 809 g/mol. The Morgan fingerprint density at radius 2 is 1.03 bits per heavy atom. The minimum atomic E-state index is 0.866. The second kappa shape index (κ2) is 13.8. The molecule has 0 spiro atoms. The lowest BCUT2D eigenvalue weighted by Crippen LogP contribution is -2.11. The fourth-order valence-electron chi connectivity index (χ4n) is 9.69. The third-order valence-corrected chi connectivity index (χ3v) is 13.7. The molecule has 10 aromatic carbocycles. The number of rotatable bonds is 6. The van der Waals surface area contributed by atoms with Crippen LogP contribution in [0.15, 0.2) is 223 Å². The molecule has 0 atom stereocenters. The van der Waals surface area contributed by atoms with Crippen LogP contribution in [0.1, 0.15) is 0 Å². The van der Waals surface area contributed by atoms with Gasteiger partial charge in [-0.1, -0.05) is 133 Å². The van der Waals surface area contributed by atoms with Crippen LogP contribution in [0.3, 0.4) is 0 Å². The highest BCUT2D eigenvalue weighted by molar-refractivity contribution is 7.25. The van der Waals surface area contributed by atoms with E-state index >= 15 is 0 Å². The summed E-state index contributed by atoms with van der Waals surface area (Å²) in [7, 11) is 0. The molecule has 3 nitrogen and oxygen atoms in total. The van der Waals surface area contributed by atoms with Gasteiger partial charge in [0.15, 0.2) is 0 Å². The fraction of sp³-hybridized carbons (Fsp3) is 0. The molecule has 0 N–H and O–H groups in total. The summed E-state index contributed by atoms with van der Waals surface area (Å²) in [6.07, 6.45) is 0. The number of aromatic nitrogens is 1. The molecule has 13 rings (SSSR count). The van der Waals surface area contributed by atoms with Gasteiger partial charge in [0.05, 0.1) is 16.7 Å². The van der Waals surface area contributed by atoms with Crippen LogP contribution < -0.4 is 4.90 Å². The van der Waals surface area contributed by atoms with E-state index in [0.717, 1.165) is 61.4 Å². The molecule has 0 saturated carbocycles. The highest BCUT2D eigenvalue weighted by atomic mass is 32.1. The molecular weight excluding hydrogens is 773 g/mol. The number of hydrogen-bond donors (Lipinski definition) is 0. The van der Waals surface area contributed by atoms with Crippen molar-refractivity contribution in [1.29, 1.82) is 0 Å². The molecule has 3 aromatic heterocycles. The summed E-state index contributed by atoms with van der Waals surface area (Å²) < 4.78 is 11.9. The van der Waals surface area contributed by atoms with Gasteiger partial charge in [-0.3, -0.25) is 0 Å². The van der Waals surface area contributed by atoms with Crippen molar-refractivity contribution in [1.82, 2.24) is 4.57 Å². The number of thiophene rings is 1. The first-order chi connectivity index (χ1) is 30.7. The predicted molar refractivity (Wildman–Crippen MR) is 264 cm³/mol. The van der Waals surface area contributed by atoms with Crippen molar-refractivity contribution in [2.45, 2.75) is 0 Å². The smallest absolute Gasteiger partial charge is 0.145 e. The number of furan rings is 1. The normalized spacial score (nSPS) is 11.9. The Morgan fingerprint density at radius 3 is 1.85 bits per heavy atom. The first-order valence-electron chi connectivity index (χ1n) is 21.1. The van der Waals surface area contributed by atoms with Gasteiger partial charge in [0.25, 0.3) is 0 Å². The quantitative estimate of drug-likeness (QED) is 0.167. The first kappa shape index (κ1) is 34.9. The van der Waals surface area contributed by atoms with Crippen molar-refractivity contribution >= 4 is 103 Å². The van der Waals surface area contributed by atoms with Crippen molar-refractivity contribution in [3.05, 3.63) is 218 Å². The molecule has 4 heteroatoms. The van der Waals surface area contributed by atoms with Crippen molar-refractivity contribution in [2.24, 2.45) is 0 Å². The van der Waals surface area contributed by atoms with Crippen LogP contribution in [0.5, 0.6) is 0 Å². The van der Waals surface area contributed by atoms with Crippen molar-refractivity contribution in [2.75, 3.05) is 4.90 Å². The van der Waals surface area contributed by atoms with Crippen LogP contribution in [0.4, 0.5) is 17.1 Å². The number of benzene rings is 10. The van der Waals surface area contributed by atoms with Gasteiger partial charge in [0.2, 0.25) is 0 Å². The molecule has 0 amide bonds. The second-order valence-corrected chi connectivity index (χ2v) is 17.2. The van der Waals surface area contributed by atoms with E-state index in [1.54, 1.807) is 0 Å². The van der Waals surface area contributed by atoms with Gasteiger partial charge in [-0.25, -0.2) is 0 Å². The number of anilines is 3. The molecule has 0 aliphatic heterocycles. The zero-order valence-corrected chi connectivity index (χ0v) is 34.3. The van der Waals surface area contributed by atoms with Crippen LogP contribution >= 0.6 is 11.3 Å². The van der Waals surface area contributed by atoms with Crippen LogP contribution in [0.2, 0.25) is 0 Å². The summed E-state index contributed by atoms with van der Waals surface area (Å²) in [6.45, 7) is 0. The maximum atomic E-state index is 6.92. The molecule has 0 unspecified atom stereocenters. The molecule has 62 heavy (non-hydrogen) atoms. The van der Waals surface area contributed by atoms with Gasteiger partial charge in [-0.05, 0) is 112 Å². The van der Waals surface area contributed by atoms with Gasteiger partial charge >= 0.3 is 0 Å². The van der Waals surface area contributed by atoms with E-state index in [4.69, 9.17) is 4.42 Å². The maximum Gasteiger partial charge on any atom is 0.145 e. The Labute approximate surface area is 361 Å². The predicted octanol–water partition coefficient (Wildman–Crippen LogP) is 17.0. The van der Waals surface area contributed by atoms with Gasteiger partial charge in [-0.2, -0.15) is 0 Å². The lowest BCUT2D eigenvalue weighted by molar-refractivity contribution is 0.670. The minimum Gasteiger partial charge on any atom is -0.455 e. The summed E-state index contributed by atoms with van der Waals surface area (Å²) in [5.41, 5.74) is 12.9. The molecule has 0 aliphatic carbocycles. The van der Waals surface area contributed by atoms with Crippen molar-refractivity contribution in [3.8, 4) is 27.9 Å². The summed E-state index contributed by atoms with van der Waals surface area (Å²) in [6, 6.07) is 79.3. The lowest BCUT2D eigenvalue weighted by atomic mass is 9.97. The maximum absolute atomic E-state index is 6.92. The van der Waals surface area contributed by atoms with E-state index in [2.05, 4.69) is 228 Å². The molecule has 0 fully saturated rings. The molecule has 0 radical (unpaired) electrons. The number of fused-ring (bicyclic) bond motifs is 10. The highest BCUT2D eigenvalue weighted by Crippen LogP contribution is 2.48. The van der Waals surface area contributed by atoms with Gasteiger partial charge in [0, 0.05) is 64.3 Å². The standard InChI is InChI=1S/C58H36N2OS/c1-2-13-39-34-44(30-24-37(39)12-1)59(43-15-11-14-40(35-43)41-27-33-56-50(36-41)48-19-6-10-23-55(48)62-56)53-32-31-49-47-18-5-9-22-54(47)61-58(49)57(53)38-25-28-42(29-26-38)60-51-20-7-3-16-45(51)46-17-4-8-21-52(46)60/h1-36H. The topological polar surface area (TPSA) is 21.3 Å². The third kappa shape index (κ3) is 5.44. The third-order valence-electron chi connectivity index (χ3n) is 12.6. The largest absolute Gasteiger partial charge is 0.455 e. The SMILES string of the molecule is c1cc(-c2ccc3sc4ccccc4c3c2)cc(N(c2ccc3ccccc3c2)c2ccc3c(oc4ccccc43)c2-c2ccc(-n3c4ccccc4c4ccccc43)cc2)c1. The monoisotopic (exact) mass is 808 g/mol. The summed E-state index contributed by atoms with van der Waals surface area (Å²) in [5.74, 6) is 0. The first-order valence-corrected chi connectivity index (χ1v) is 21.9. The van der Waals surface area contributed by atoms with Gasteiger partial charge in [0.1, 0.15) is 11.2 Å². The molecule has 290 valence electrons. The Balaban J connectivity index is 1.04. The molecular formula is C58H36N2OS. The van der Waals surface area contributed by atoms with E-state index in [9.17, 15) is 0 Å². The Hall–Kier alpha value is -7.92. The van der Waals surface area contributed by atoms with E-state index in [1.165, 1.54) is 58.3 Å². The van der Waals surface area contributed by atoms with Crippen LogP contribution in [0, 0.1) is 0 Å². The van der Waals surface area contributed by atoms with E-state index < -0.39 is 0 Å². The van der Waals surface area contributed by atoms with Crippen molar-refractivity contribution in [3.63, 3.8) is 0 Å². The zero-order valence-electron chi connectivity index (χ0n) is 33.5. The molecule has 13 aromatic rings.